The summed E-state index contributed by atoms with van der Waals surface area (Å²) in [6.45, 7) is 8.99. The summed E-state index contributed by atoms with van der Waals surface area (Å²) in [6, 6.07) is 11.9. The number of carbonyl (C=O) groups is 2. The molecule has 5 nitrogen and oxygen atoms in total. The molecule has 0 aliphatic rings. The van der Waals surface area contributed by atoms with E-state index in [4.69, 9.17) is 28.3 Å². The van der Waals surface area contributed by atoms with E-state index in [0.29, 0.717) is 11.3 Å². The molecule has 0 aliphatic carbocycles. The fourth-order valence-electron chi connectivity index (χ4n) is 2.90. The van der Waals surface area contributed by atoms with Gasteiger partial charge in [0.25, 0.3) is 0 Å². The molecule has 0 aromatic heterocycles. The highest BCUT2D eigenvalue weighted by Gasteiger charge is 2.56. The minimum atomic E-state index is -0.965. The van der Waals surface area contributed by atoms with Gasteiger partial charge in [-0.05, 0) is 69.1 Å². The number of halogens is 3. The van der Waals surface area contributed by atoms with Gasteiger partial charge in [-0.25, -0.2) is 4.79 Å². The van der Waals surface area contributed by atoms with Gasteiger partial charge in [-0.3, -0.25) is 4.79 Å². The van der Waals surface area contributed by atoms with Crippen LogP contribution in [0.15, 0.2) is 42.5 Å². The lowest BCUT2D eigenvalue weighted by atomic mass is 10.1. The quantitative estimate of drug-likeness (QED) is 0.426. The number of hydrogen-bond donors (Lipinski definition) is 0. The van der Waals surface area contributed by atoms with E-state index in [9.17, 15) is 9.59 Å². The molecule has 158 valence electrons. The van der Waals surface area contributed by atoms with E-state index in [-0.39, 0.29) is 18.0 Å². The summed E-state index contributed by atoms with van der Waals surface area (Å²) in [5, 5.41) is 0. The van der Waals surface area contributed by atoms with E-state index < -0.39 is 21.5 Å². The van der Waals surface area contributed by atoms with Gasteiger partial charge in [0, 0.05) is 5.56 Å². The van der Waals surface area contributed by atoms with Crippen LogP contribution in [0.25, 0.3) is 0 Å². The summed E-state index contributed by atoms with van der Waals surface area (Å²) >= 11 is 13.2. The van der Waals surface area contributed by atoms with E-state index in [1.54, 1.807) is 57.2 Å². The third-order valence-corrected chi connectivity index (χ3v) is 5.62. The Morgan fingerprint density at radius 1 is 1.00 bits per heavy atom. The van der Waals surface area contributed by atoms with E-state index >= 15 is 0 Å². The molecular formula is C21H26Cl3N2O3+. The van der Waals surface area contributed by atoms with Gasteiger partial charge in [-0.1, -0.05) is 27.8 Å². The lowest BCUT2D eigenvalue weighted by Gasteiger charge is -2.40. The number of benzene rings is 2. The van der Waals surface area contributed by atoms with Gasteiger partial charge < -0.3 is 4.74 Å². The van der Waals surface area contributed by atoms with E-state index in [0.717, 1.165) is 15.7 Å². The lowest BCUT2D eigenvalue weighted by Crippen LogP contribution is -2.64. The number of rotatable bonds is 3. The number of aryl methyl sites for hydroxylation is 2. The molecule has 0 fully saturated rings. The van der Waals surface area contributed by atoms with Crippen molar-refractivity contribution >= 4 is 47.8 Å². The number of amides is 2. The zero-order chi connectivity index (χ0) is 21.3. The van der Waals surface area contributed by atoms with Crippen LogP contribution in [0.1, 0.15) is 52.6 Å². The van der Waals surface area contributed by atoms with Crippen molar-refractivity contribution < 1.29 is 18.4 Å². The van der Waals surface area contributed by atoms with Crippen LogP contribution in [0, 0.1) is 13.8 Å². The molecule has 0 heterocycles. The Balaban J connectivity index is 0.00000420. The van der Waals surface area contributed by atoms with Gasteiger partial charge in [-0.2, -0.15) is 0 Å². The summed E-state index contributed by atoms with van der Waals surface area (Å²) in [6.07, 6.45) is 0. The topological polar surface area (TPSA) is 46.6 Å². The van der Waals surface area contributed by atoms with Crippen molar-refractivity contribution in [2.24, 2.45) is 0 Å². The van der Waals surface area contributed by atoms with Crippen molar-refractivity contribution in [2.75, 3.05) is 7.11 Å². The molecule has 0 radical (unpaired) electrons. The zero-order valence-electron chi connectivity index (χ0n) is 17.3. The lowest BCUT2D eigenvalue weighted by molar-refractivity contribution is -0.871. The molecule has 8 heteroatoms. The summed E-state index contributed by atoms with van der Waals surface area (Å²) in [7, 11) is 1.51. The van der Waals surface area contributed by atoms with Crippen LogP contribution in [-0.2, 0) is 0 Å². The number of quaternary nitrogens is 1. The second kappa shape index (κ2) is 9.35. The van der Waals surface area contributed by atoms with Crippen molar-refractivity contribution in [1.29, 1.82) is 0 Å². The Labute approximate surface area is 188 Å². The summed E-state index contributed by atoms with van der Waals surface area (Å²) in [5.74, 6) is -0.597. The summed E-state index contributed by atoms with van der Waals surface area (Å²) in [4.78, 5) is 26.5. The normalized spacial score (nSPS) is 13.1. The number of methoxy groups -OCH3 is 1. The SMILES string of the molecule is COc1cccc(C(=O)[N+](Cl)(N(Cl)C(=O)c2cc(C)cc(C)c2)C(C)(C)C)c1.Cl. The molecular weight excluding hydrogens is 435 g/mol. The Kier molecular flexibility index (Phi) is 8.14. The number of hydrogen-bond acceptors (Lipinski definition) is 3. The summed E-state index contributed by atoms with van der Waals surface area (Å²) in [5.41, 5.74) is 1.55. The Morgan fingerprint density at radius 2 is 1.55 bits per heavy atom. The fourth-order valence-corrected chi connectivity index (χ4v) is 3.46. The highest BCUT2D eigenvalue weighted by atomic mass is 35.5. The van der Waals surface area contributed by atoms with Crippen LogP contribution >= 0.6 is 36.0 Å². The standard InChI is InChI=1S/C21H25Cl2N2O3.ClH/c1-14-10-15(2)12-17(11-14)19(26)24(22)25(23,21(3,4)5)20(27)16-8-7-9-18(13-16)28-6;/h7-13H,1-6H3;1H/q+1;. The zero-order valence-corrected chi connectivity index (χ0v) is 19.7. The van der Waals surface area contributed by atoms with Crippen molar-refractivity contribution in [3.63, 3.8) is 0 Å². The maximum Gasteiger partial charge on any atom is 0.390 e. The molecule has 2 rings (SSSR count). The molecule has 0 saturated carbocycles. The Bertz CT molecular complexity index is 892. The predicted molar refractivity (Wildman–Crippen MR) is 118 cm³/mol. The average molecular weight is 461 g/mol. The predicted octanol–water partition coefficient (Wildman–Crippen LogP) is 5.85. The summed E-state index contributed by atoms with van der Waals surface area (Å²) < 4.78 is 4.99. The minimum absolute atomic E-state index is 0. The van der Waals surface area contributed by atoms with Crippen molar-refractivity contribution in [2.45, 2.75) is 40.2 Å². The molecule has 0 spiro atoms. The van der Waals surface area contributed by atoms with Crippen molar-refractivity contribution in [3.05, 3.63) is 64.7 Å². The monoisotopic (exact) mass is 459 g/mol. The molecule has 0 aliphatic heterocycles. The van der Waals surface area contributed by atoms with Crippen LogP contribution in [0.2, 0.25) is 0 Å². The molecule has 1 atom stereocenters. The average Bonchev–Trinajstić information content (AvgIpc) is 2.63. The first kappa shape index (κ1) is 25.2. The van der Waals surface area contributed by atoms with Gasteiger partial charge in [-0.15, -0.1) is 12.4 Å². The first-order chi connectivity index (χ1) is 12.9. The molecule has 2 aromatic rings. The number of ether oxygens (including phenoxy) is 1. The second-order valence-electron chi connectivity index (χ2n) is 7.71. The first-order valence-corrected chi connectivity index (χ1v) is 9.46. The molecule has 29 heavy (non-hydrogen) atoms. The molecule has 0 N–H and O–H groups in total. The minimum Gasteiger partial charge on any atom is -0.497 e. The fraction of sp³-hybridized carbons (Fsp3) is 0.333. The van der Waals surface area contributed by atoms with Gasteiger partial charge >= 0.3 is 11.8 Å². The van der Waals surface area contributed by atoms with Crippen LogP contribution in [0.4, 0.5) is 0 Å². The third-order valence-electron chi connectivity index (χ3n) is 4.35. The molecule has 0 bridgehead atoms. The molecule has 2 amide bonds. The van der Waals surface area contributed by atoms with Gasteiger partial charge in [0.15, 0.2) is 0 Å². The van der Waals surface area contributed by atoms with Crippen molar-refractivity contribution in [1.82, 2.24) is 4.53 Å². The first-order valence-electron chi connectivity index (χ1n) is 8.78. The van der Waals surface area contributed by atoms with Crippen LogP contribution in [0.5, 0.6) is 5.75 Å². The van der Waals surface area contributed by atoms with Crippen molar-refractivity contribution in [3.8, 4) is 5.75 Å². The molecule has 1 unspecified atom stereocenters. The van der Waals surface area contributed by atoms with E-state index in [1.807, 2.05) is 19.9 Å². The molecule has 2 aromatic carbocycles. The van der Waals surface area contributed by atoms with E-state index in [2.05, 4.69) is 0 Å². The highest BCUT2D eigenvalue weighted by Crippen LogP contribution is 2.37. The van der Waals surface area contributed by atoms with Gasteiger partial charge in [0.05, 0.1) is 24.4 Å². The van der Waals surface area contributed by atoms with E-state index in [1.165, 1.54) is 7.11 Å². The maximum absolute atomic E-state index is 13.4. The third kappa shape index (κ3) is 5.04. The van der Waals surface area contributed by atoms with Crippen LogP contribution in [-0.4, -0.2) is 33.1 Å². The Hall–Kier alpha value is -1.79. The highest BCUT2D eigenvalue weighted by molar-refractivity contribution is 6.26. The van der Waals surface area contributed by atoms with Crippen LogP contribution in [0.3, 0.4) is 0 Å². The smallest absolute Gasteiger partial charge is 0.390 e. The van der Waals surface area contributed by atoms with Gasteiger partial charge in [0.1, 0.15) is 11.3 Å². The largest absolute Gasteiger partial charge is 0.497 e. The second-order valence-corrected chi connectivity index (χ2v) is 8.52. The maximum atomic E-state index is 13.4. The number of nitrogens with zero attached hydrogens (tertiary/aromatic N) is 2. The number of carbonyl (C=O) groups excluding carboxylic acids is 2. The molecule has 0 saturated heterocycles. The van der Waals surface area contributed by atoms with Crippen LogP contribution < -0.4 is 4.74 Å². The Morgan fingerprint density at radius 3 is 2.03 bits per heavy atom. The van der Waals surface area contributed by atoms with Gasteiger partial charge in [0.2, 0.25) is 11.8 Å².